The summed E-state index contributed by atoms with van der Waals surface area (Å²) in [5.74, 6) is 0.653. The standard InChI is InChI=1S/C57H34N4O/c1-2-13-35(14-3-1)56-60-52(32-53(61-56)38-25-27-51(59-34-38)37-15-12-28-58-33-37)36-24-26-43-40-17-5-4-16-39(40)41-18-6-9-21-47(41)57(49(43)29-36)48-22-10-7-19-42(48)45-31-55-46(30-50(45)57)44-20-8-11-23-54(44)62-55/h1-34H. The third-order valence-corrected chi connectivity index (χ3v) is 12.9. The number of hydrogen-bond donors (Lipinski definition) is 0. The van der Waals surface area contributed by atoms with E-state index in [2.05, 4.69) is 151 Å². The zero-order valence-electron chi connectivity index (χ0n) is 33.3. The SMILES string of the molecule is c1ccc(-c2nc(-c3ccc(-c4cccnc4)nc3)cc(-c3ccc4c(c3)C3(c5ccccc5-c5ccccc5-4)c4ccccc4-c4cc5oc6ccccc6c5cc43)n2)cc1. The molecule has 0 aliphatic heterocycles. The molecule has 0 N–H and O–H groups in total. The molecular formula is C57H34N4O. The summed E-state index contributed by atoms with van der Waals surface area (Å²) in [7, 11) is 0. The van der Waals surface area contributed by atoms with Crippen LogP contribution < -0.4 is 0 Å². The molecule has 62 heavy (non-hydrogen) atoms. The van der Waals surface area contributed by atoms with Gasteiger partial charge in [-0.15, -0.1) is 0 Å². The highest BCUT2D eigenvalue weighted by Gasteiger charge is 2.50. The molecule has 1 spiro atoms. The number of benzene rings is 7. The van der Waals surface area contributed by atoms with Crippen LogP contribution in [0.1, 0.15) is 22.3 Å². The Balaban J connectivity index is 1.10. The second-order valence-electron chi connectivity index (χ2n) is 16.1. The predicted octanol–water partition coefficient (Wildman–Crippen LogP) is 13.8. The Bertz CT molecular complexity index is 3580. The quantitative estimate of drug-likeness (QED) is 0.178. The second kappa shape index (κ2) is 13.4. The molecule has 0 bridgehead atoms. The van der Waals surface area contributed by atoms with Crippen LogP contribution in [-0.2, 0) is 5.41 Å². The van der Waals surface area contributed by atoms with E-state index in [9.17, 15) is 0 Å². The van der Waals surface area contributed by atoms with E-state index in [-0.39, 0.29) is 0 Å². The van der Waals surface area contributed by atoms with Crippen molar-refractivity contribution in [2.24, 2.45) is 0 Å². The molecular weight excluding hydrogens is 757 g/mol. The lowest BCUT2D eigenvalue weighted by atomic mass is 9.65. The first-order valence-corrected chi connectivity index (χ1v) is 20.9. The third kappa shape index (κ3) is 5.02. The van der Waals surface area contributed by atoms with Crippen LogP contribution >= 0.6 is 0 Å². The summed E-state index contributed by atoms with van der Waals surface area (Å²) in [4.78, 5) is 19.7. The zero-order valence-corrected chi connectivity index (χ0v) is 33.3. The first kappa shape index (κ1) is 34.6. The van der Waals surface area contributed by atoms with Crippen molar-refractivity contribution in [1.29, 1.82) is 0 Å². The first-order valence-electron chi connectivity index (χ1n) is 20.9. The fraction of sp³-hybridized carbons (Fsp3) is 0.0175. The van der Waals surface area contributed by atoms with Crippen molar-refractivity contribution in [2.45, 2.75) is 5.41 Å². The molecule has 11 aromatic rings. The van der Waals surface area contributed by atoms with Gasteiger partial charge in [-0.1, -0.05) is 133 Å². The third-order valence-electron chi connectivity index (χ3n) is 12.9. The second-order valence-corrected chi connectivity index (χ2v) is 16.1. The zero-order chi connectivity index (χ0) is 40.8. The van der Waals surface area contributed by atoms with Crippen LogP contribution in [0.15, 0.2) is 211 Å². The summed E-state index contributed by atoms with van der Waals surface area (Å²) >= 11 is 0. The van der Waals surface area contributed by atoms with Gasteiger partial charge in [0.05, 0.1) is 22.5 Å². The number of pyridine rings is 2. The molecule has 0 radical (unpaired) electrons. The lowest BCUT2D eigenvalue weighted by Crippen LogP contribution is -2.29. The summed E-state index contributed by atoms with van der Waals surface area (Å²) < 4.78 is 6.56. The average molecular weight is 791 g/mol. The number of rotatable bonds is 4. The highest BCUT2D eigenvalue weighted by Crippen LogP contribution is 2.62. The molecule has 7 aromatic carbocycles. The molecule has 0 saturated carbocycles. The van der Waals surface area contributed by atoms with Gasteiger partial charge < -0.3 is 4.42 Å². The van der Waals surface area contributed by atoms with E-state index in [1.165, 1.54) is 55.6 Å². The molecule has 5 heteroatoms. The van der Waals surface area contributed by atoms with E-state index >= 15 is 0 Å². The van der Waals surface area contributed by atoms with Crippen molar-refractivity contribution in [3.8, 4) is 78.5 Å². The van der Waals surface area contributed by atoms with Crippen LogP contribution in [0.25, 0.3) is 100 Å². The lowest BCUT2D eigenvalue weighted by Gasteiger charge is -2.35. The van der Waals surface area contributed by atoms with Crippen molar-refractivity contribution >= 4 is 21.9 Å². The van der Waals surface area contributed by atoms with Gasteiger partial charge in [0.25, 0.3) is 0 Å². The van der Waals surface area contributed by atoms with E-state index in [1.54, 1.807) is 6.20 Å². The van der Waals surface area contributed by atoms with Gasteiger partial charge in [0.2, 0.25) is 0 Å². The minimum Gasteiger partial charge on any atom is -0.456 e. The summed E-state index contributed by atoms with van der Waals surface area (Å²) in [6.07, 6.45) is 5.51. The van der Waals surface area contributed by atoms with Crippen LogP contribution in [0.5, 0.6) is 0 Å². The molecule has 1 atom stereocenters. The molecule has 1 unspecified atom stereocenters. The van der Waals surface area contributed by atoms with Gasteiger partial charge in [-0.05, 0) is 110 Å². The van der Waals surface area contributed by atoms with Gasteiger partial charge in [-0.25, -0.2) is 9.97 Å². The molecule has 4 heterocycles. The van der Waals surface area contributed by atoms with Gasteiger partial charge in [0.1, 0.15) is 11.2 Å². The Hall–Kier alpha value is -8.28. The normalized spacial score (nSPS) is 14.5. The summed E-state index contributed by atoms with van der Waals surface area (Å²) in [6.45, 7) is 0. The van der Waals surface area contributed by atoms with Gasteiger partial charge in [-0.3, -0.25) is 9.97 Å². The van der Waals surface area contributed by atoms with Gasteiger partial charge in [0, 0.05) is 51.6 Å². The number of hydrogen-bond acceptors (Lipinski definition) is 5. The van der Waals surface area contributed by atoms with Gasteiger partial charge in [0.15, 0.2) is 5.82 Å². The topological polar surface area (TPSA) is 64.7 Å². The van der Waals surface area contributed by atoms with E-state index in [1.807, 2.05) is 54.9 Å². The van der Waals surface area contributed by atoms with Crippen molar-refractivity contribution in [3.63, 3.8) is 0 Å². The summed E-state index contributed by atoms with van der Waals surface area (Å²) in [6, 6.07) is 67.3. The van der Waals surface area contributed by atoms with Crippen molar-refractivity contribution in [3.05, 3.63) is 229 Å². The fourth-order valence-corrected chi connectivity index (χ4v) is 10.2. The van der Waals surface area contributed by atoms with Crippen LogP contribution in [0.3, 0.4) is 0 Å². The minimum atomic E-state index is -0.691. The molecule has 4 aromatic heterocycles. The van der Waals surface area contributed by atoms with Gasteiger partial charge in [-0.2, -0.15) is 0 Å². The maximum Gasteiger partial charge on any atom is 0.160 e. The Morgan fingerprint density at radius 3 is 1.71 bits per heavy atom. The smallest absolute Gasteiger partial charge is 0.160 e. The monoisotopic (exact) mass is 790 g/mol. The highest BCUT2D eigenvalue weighted by atomic mass is 16.3. The number of furan rings is 1. The Morgan fingerprint density at radius 2 is 0.968 bits per heavy atom. The number of fused-ring (bicyclic) bond motifs is 15. The Labute approximate surface area is 357 Å². The Kier molecular flexibility index (Phi) is 7.45. The lowest BCUT2D eigenvalue weighted by molar-refractivity contribution is 0.668. The van der Waals surface area contributed by atoms with E-state index < -0.39 is 5.41 Å². The molecule has 5 nitrogen and oxygen atoms in total. The van der Waals surface area contributed by atoms with Crippen LogP contribution in [0.2, 0.25) is 0 Å². The molecule has 13 rings (SSSR count). The van der Waals surface area contributed by atoms with Crippen LogP contribution in [0, 0.1) is 0 Å². The molecule has 2 aliphatic rings. The molecule has 0 fully saturated rings. The largest absolute Gasteiger partial charge is 0.456 e. The van der Waals surface area contributed by atoms with Crippen molar-refractivity contribution in [1.82, 2.24) is 19.9 Å². The number of para-hydroxylation sites is 1. The van der Waals surface area contributed by atoms with E-state index in [0.717, 1.165) is 61.3 Å². The molecule has 2 aliphatic carbocycles. The molecule has 0 amide bonds. The maximum atomic E-state index is 6.56. The van der Waals surface area contributed by atoms with Crippen molar-refractivity contribution in [2.75, 3.05) is 0 Å². The average Bonchev–Trinajstić information content (AvgIpc) is 3.83. The maximum absolute atomic E-state index is 6.56. The van der Waals surface area contributed by atoms with Crippen LogP contribution in [0.4, 0.5) is 0 Å². The number of nitrogens with zero attached hydrogens (tertiary/aromatic N) is 4. The van der Waals surface area contributed by atoms with Gasteiger partial charge >= 0.3 is 0 Å². The van der Waals surface area contributed by atoms with Crippen LogP contribution in [-0.4, -0.2) is 19.9 Å². The summed E-state index contributed by atoms with van der Waals surface area (Å²) in [5.41, 5.74) is 19.5. The highest BCUT2D eigenvalue weighted by molar-refractivity contribution is 6.09. The first-order chi connectivity index (χ1) is 30.7. The Morgan fingerprint density at radius 1 is 0.355 bits per heavy atom. The van der Waals surface area contributed by atoms with E-state index in [0.29, 0.717) is 5.82 Å². The van der Waals surface area contributed by atoms with Crippen molar-refractivity contribution < 1.29 is 4.42 Å². The predicted molar refractivity (Wildman–Crippen MR) is 248 cm³/mol. The van der Waals surface area contributed by atoms with E-state index in [4.69, 9.17) is 19.4 Å². The minimum absolute atomic E-state index is 0.653. The number of aromatic nitrogens is 4. The molecule has 0 saturated heterocycles. The summed E-state index contributed by atoms with van der Waals surface area (Å²) in [5, 5.41) is 2.22. The molecule has 288 valence electrons. The fourth-order valence-electron chi connectivity index (χ4n) is 10.2.